The summed E-state index contributed by atoms with van der Waals surface area (Å²) in [5, 5.41) is 9.16. The maximum atomic E-state index is 13.6. The molecule has 0 spiro atoms. The lowest BCUT2D eigenvalue weighted by atomic mass is 10.1. The summed E-state index contributed by atoms with van der Waals surface area (Å²) < 4.78 is 13.6. The van der Waals surface area contributed by atoms with Crippen LogP contribution in [-0.2, 0) is 0 Å². The summed E-state index contributed by atoms with van der Waals surface area (Å²) in [7, 11) is 0. The van der Waals surface area contributed by atoms with E-state index in [4.69, 9.17) is 15.2 Å². The minimum Gasteiger partial charge on any atom is -0.353 e. The molecule has 0 saturated carbocycles. The number of anilines is 3. The molecule has 180 valence electrons. The van der Waals surface area contributed by atoms with Gasteiger partial charge in [-0.3, -0.25) is 0 Å². The molecule has 8 heteroatoms. The van der Waals surface area contributed by atoms with E-state index in [-0.39, 0.29) is 11.9 Å². The molecule has 7 nitrogen and oxygen atoms in total. The molecule has 4 heterocycles. The summed E-state index contributed by atoms with van der Waals surface area (Å²) in [6.45, 7) is 9.75. The van der Waals surface area contributed by atoms with Gasteiger partial charge in [0.25, 0.3) is 0 Å². The molecule has 2 saturated heterocycles. The number of pyridine rings is 1. The van der Waals surface area contributed by atoms with E-state index in [1.165, 1.54) is 12.1 Å². The van der Waals surface area contributed by atoms with E-state index in [1.807, 2.05) is 19.1 Å². The fourth-order valence-electron chi connectivity index (χ4n) is 5.15. The van der Waals surface area contributed by atoms with Crippen LogP contribution in [0.3, 0.4) is 0 Å². The van der Waals surface area contributed by atoms with Crippen molar-refractivity contribution in [3.05, 3.63) is 59.5 Å². The van der Waals surface area contributed by atoms with Crippen molar-refractivity contribution in [2.24, 2.45) is 0 Å². The molecular weight excluding hydrogens is 441 g/mol. The van der Waals surface area contributed by atoms with E-state index < -0.39 is 0 Å². The first kappa shape index (κ1) is 23.0. The van der Waals surface area contributed by atoms with Gasteiger partial charge in [-0.05, 0) is 69.5 Å². The molecule has 2 atom stereocenters. The van der Waals surface area contributed by atoms with Gasteiger partial charge in [-0.15, -0.1) is 0 Å². The number of benzene rings is 1. The maximum Gasteiger partial charge on any atom is 0.228 e. The van der Waals surface area contributed by atoms with Gasteiger partial charge in [-0.1, -0.05) is 0 Å². The summed E-state index contributed by atoms with van der Waals surface area (Å²) in [4.78, 5) is 21.4. The van der Waals surface area contributed by atoms with Gasteiger partial charge >= 0.3 is 0 Å². The summed E-state index contributed by atoms with van der Waals surface area (Å²) in [6, 6.07) is 13.2. The third kappa shape index (κ3) is 4.63. The van der Waals surface area contributed by atoms with E-state index in [0.717, 1.165) is 73.4 Å². The van der Waals surface area contributed by atoms with Gasteiger partial charge in [0.1, 0.15) is 23.5 Å². The summed E-state index contributed by atoms with van der Waals surface area (Å²) in [5.74, 6) is 2.31. The van der Waals surface area contributed by atoms with Gasteiger partial charge in [0, 0.05) is 56.1 Å². The Bertz CT molecular complexity index is 1250. The normalized spacial score (nSPS) is 20.3. The minimum atomic E-state index is -0.257. The van der Waals surface area contributed by atoms with Crippen molar-refractivity contribution in [2.45, 2.75) is 45.7 Å². The monoisotopic (exact) mass is 471 g/mol. The van der Waals surface area contributed by atoms with Crippen molar-refractivity contribution in [2.75, 3.05) is 40.9 Å². The molecule has 1 aromatic carbocycles. The second kappa shape index (κ2) is 9.49. The standard InChI is InChI=1S/C27H30FN7/c1-18-13-21(15-29)16-30-26(18)33-11-12-34(20(3)17-33)25-14-24(22-6-8-23(28)9-7-22)31-27(32-25)35-10-4-5-19(35)2/h6-9,13-14,16,19-20H,4-5,10-12,17H2,1-3H3/t19?,20-/m1/s1. The number of aromatic nitrogens is 3. The molecule has 2 aromatic heterocycles. The Hall–Kier alpha value is -3.73. The van der Waals surface area contributed by atoms with E-state index in [1.54, 1.807) is 18.3 Å². The summed E-state index contributed by atoms with van der Waals surface area (Å²) in [5.41, 5.74) is 3.28. The molecule has 35 heavy (non-hydrogen) atoms. The molecule has 2 fully saturated rings. The van der Waals surface area contributed by atoms with Crippen LogP contribution in [0.4, 0.5) is 22.0 Å². The van der Waals surface area contributed by atoms with Crippen LogP contribution in [0.1, 0.15) is 37.8 Å². The first-order chi connectivity index (χ1) is 16.9. The molecule has 0 aliphatic carbocycles. The lowest BCUT2D eigenvalue weighted by Gasteiger charge is -2.41. The maximum absolute atomic E-state index is 13.6. The first-order valence-corrected chi connectivity index (χ1v) is 12.2. The van der Waals surface area contributed by atoms with Crippen LogP contribution in [0.15, 0.2) is 42.6 Å². The molecule has 1 unspecified atom stereocenters. The Balaban J connectivity index is 1.45. The van der Waals surface area contributed by atoms with Crippen molar-refractivity contribution in [1.82, 2.24) is 15.0 Å². The van der Waals surface area contributed by atoms with Gasteiger partial charge in [0.05, 0.1) is 11.3 Å². The number of nitrogens with zero attached hydrogens (tertiary/aromatic N) is 7. The second-order valence-electron chi connectivity index (χ2n) is 9.57. The minimum absolute atomic E-state index is 0.195. The van der Waals surface area contributed by atoms with Crippen LogP contribution in [0.5, 0.6) is 0 Å². The van der Waals surface area contributed by atoms with Crippen molar-refractivity contribution < 1.29 is 4.39 Å². The van der Waals surface area contributed by atoms with Crippen molar-refractivity contribution in [3.8, 4) is 17.3 Å². The van der Waals surface area contributed by atoms with Crippen LogP contribution in [0, 0.1) is 24.1 Å². The molecule has 2 aliphatic heterocycles. The highest BCUT2D eigenvalue weighted by Gasteiger charge is 2.29. The SMILES string of the molecule is Cc1cc(C#N)cnc1N1CCN(c2cc(-c3ccc(F)cc3)nc(N3CCCC3C)n2)[C@H](C)C1. The molecule has 5 rings (SSSR count). The van der Waals surface area contributed by atoms with Crippen molar-refractivity contribution >= 4 is 17.6 Å². The lowest BCUT2D eigenvalue weighted by molar-refractivity contribution is 0.541. The van der Waals surface area contributed by atoms with Crippen LogP contribution in [-0.4, -0.2) is 53.2 Å². The highest BCUT2D eigenvalue weighted by Crippen LogP contribution is 2.31. The van der Waals surface area contributed by atoms with Gasteiger partial charge in [0.15, 0.2) is 0 Å². The van der Waals surface area contributed by atoms with E-state index >= 15 is 0 Å². The third-order valence-corrected chi connectivity index (χ3v) is 7.05. The van der Waals surface area contributed by atoms with E-state index in [0.29, 0.717) is 11.6 Å². The number of nitriles is 1. The highest BCUT2D eigenvalue weighted by atomic mass is 19.1. The predicted octanol–water partition coefficient (Wildman–Crippen LogP) is 4.56. The molecule has 0 N–H and O–H groups in total. The zero-order valence-electron chi connectivity index (χ0n) is 20.4. The zero-order valence-corrected chi connectivity index (χ0v) is 20.4. The van der Waals surface area contributed by atoms with Gasteiger partial charge in [0.2, 0.25) is 5.95 Å². The molecule has 2 aliphatic rings. The average Bonchev–Trinajstić information content (AvgIpc) is 3.30. The molecule has 3 aromatic rings. The van der Waals surface area contributed by atoms with Crippen LogP contribution in [0.2, 0.25) is 0 Å². The fraction of sp³-hybridized carbons (Fsp3) is 0.407. The number of piperazine rings is 1. The Kier molecular flexibility index (Phi) is 6.25. The van der Waals surface area contributed by atoms with E-state index in [9.17, 15) is 4.39 Å². The first-order valence-electron chi connectivity index (χ1n) is 12.2. The Morgan fingerprint density at radius 3 is 2.46 bits per heavy atom. The fourth-order valence-corrected chi connectivity index (χ4v) is 5.15. The Labute approximate surface area is 205 Å². The third-order valence-electron chi connectivity index (χ3n) is 7.05. The molecule has 0 bridgehead atoms. The Morgan fingerprint density at radius 2 is 1.80 bits per heavy atom. The molecular formula is C27H30FN7. The topological polar surface area (TPSA) is 72.2 Å². The van der Waals surface area contributed by atoms with E-state index in [2.05, 4.69) is 39.6 Å². The summed E-state index contributed by atoms with van der Waals surface area (Å²) >= 11 is 0. The molecule has 0 radical (unpaired) electrons. The van der Waals surface area contributed by atoms with Crippen molar-refractivity contribution in [1.29, 1.82) is 5.26 Å². The van der Waals surface area contributed by atoms with Gasteiger partial charge < -0.3 is 14.7 Å². The van der Waals surface area contributed by atoms with Crippen molar-refractivity contribution in [3.63, 3.8) is 0 Å². The molecule has 0 amide bonds. The quantitative estimate of drug-likeness (QED) is 0.552. The lowest BCUT2D eigenvalue weighted by Crippen LogP contribution is -2.53. The number of halogens is 1. The average molecular weight is 472 g/mol. The predicted molar refractivity (Wildman–Crippen MR) is 136 cm³/mol. The largest absolute Gasteiger partial charge is 0.353 e. The van der Waals surface area contributed by atoms with Gasteiger partial charge in [-0.25, -0.2) is 14.4 Å². The second-order valence-corrected chi connectivity index (χ2v) is 9.57. The smallest absolute Gasteiger partial charge is 0.228 e. The number of hydrogen-bond acceptors (Lipinski definition) is 7. The van der Waals surface area contributed by atoms with Crippen LogP contribution >= 0.6 is 0 Å². The van der Waals surface area contributed by atoms with Crippen LogP contribution < -0.4 is 14.7 Å². The van der Waals surface area contributed by atoms with Gasteiger partial charge in [-0.2, -0.15) is 10.2 Å². The Morgan fingerprint density at radius 1 is 1.00 bits per heavy atom. The van der Waals surface area contributed by atoms with Crippen LogP contribution in [0.25, 0.3) is 11.3 Å². The zero-order chi connectivity index (χ0) is 24.5. The highest BCUT2D eigenvalue weighted by molar-refractivity contribution is 5.66. The number of hydrogen-bond donors (Lipinski definition) is 0. The number of aryl methyl sites for hydroxylation is 1. The number of rotatable bonds is 4. The summed E-state index contributed by atoms with van der Waals surface area (Å²) in [6.07, 6.45) is 3.90.